The Balaban J connectivity index is 1.20. The Morgan fingerprint density at radius 3 is 2.62 bits per heavy atom. The molecule has 0 unspecified atom stereocenters. The van der Waals surface area contributed by atoms with Gasteiger partial charge in [-0.15, -0.1) is 0 Å². The fourth-order valence-electron chi connectivity index (χ4n) is 5.40. The summed E-state index contributed by atoms with van der Waals surface area (Å²) in [7, 11) is 4.00. The van der Waals surface area contributed by atoms with Crippen LogP contribution in [-0.2, 0) is 4.74 Å². The number of nitrogen functional groups attached to an aromatic ring is 1. The number of fused-ring (bicyclic) bond motifs is 1. The van der Waals surface area contributed by atoms with E-state index in [2.05, 4.69) is 19.9 Å². The number of nitrogens with two attached hydrogens (primary N) is 1. The van der Waals surface area contributed by atoms with Gasteiger partial charge in [-0.1, -0.05) is 0 Å². The minimum Gasteiger partial charge on any atom is -0.492 e. The Labute approximate surface area is 216 Å². The van der Waals surface area contributed by atoms with E-state index in [4.69, 9.17) is 15.2 Å². The molecule has 0 saturated carbocycles. The predicted molar refractivity (Wildman–Crippen MR) is 138 cm³/mol. The number of rotatable bonds is 6. The molecule has 2 aliphatic heterocycles. The molecule has 1 aromatic carbocycles. The topological polar surface area (TPSA) is 132 Å². The molecule has 3 aromatic rings. The molecule has 0 aliphatic carbocycles. The molecule has 2 saturated heterocycles. The van der Waals surface area contributed by atoms with Gasteiger partial charge in [0.1, 0.15) is 24.2 Å². The summed E-state index contributed by atoms with van der Waals surface area (Å²) >= 11 is 0. The van der Waals surface area contributed by atoms with E-state index >= 15 is 0 Å². The van der Waals surface area contributed by atoms with Crippen LogP contribution in [0.5, 0.6) is 5.75 Å². The SMILES string of the molecule is CN(C)CCOc1ccc(C(=O)N2CCC3(CC2)C[C@@](C)(O)[C@H](n2cnc4c(N)ncnc42)CO3)cc1. The van der Waals surface area contributed by atoms with Crippen molar-refractivity contribution in [2.75, 3.05) is 52.7 Å². The van der Waals surface area contributed by atoms with Crippen LogP contribution >= 0.6 is 0 Å². The second-order valence-electron chi connectivity index (χ2n) is 10.6. The number of ether oxygens (including phenoxy) is 2. The van der Waals surface area contributed by atoms with Crippen LogP contribution in [0.1, 0.15) is 42.6 Å². The normalized spacial score (nSPS) is 23.6. The molecule has 198 valence electrons. The first-order valence-electron chi connectivity index (χ1n) is 12.6. The van der Waals surface area contributed by atoms with Gasteiger partial charge in [-0.3, -0.25) is 4.79 Å². The zero-order valence-electron chi connectivity index (χ0n) is 21.6. The molecule has 4 heterocycles. The quantitative estimate of drug-likeness (QED) is 0.510. The number of hydrogen-bond acceptors (Lipinski definition) is 9. The molecule has 0 radical (unpaired) electrons. The van der Waals surface area contributed by atoms with Crippen molar-refractivity contribution in [1.82, 2.24) is 29.3 Å². The highest BCUT2D eigenvalue weighted by atomic mass is 16.5. The van der Waals surface area contributed by atoms with Crippen LogP contribution in [0.3, 0.4) is 0 Å². The summed E-state index contributed by atoms with van der Waals surface area (Å²) in [4.78, 5) is 29.7. The van der Waals surface area contributed by atoms with Crippen LogP contribution in [0.2, 0.25) is 0 Å². The van der Waals surface area contributed by atoms with Crippen molar-refractivity contribution >= 4 is 22.9 Å². The van der Waals surface area contributed by atoms with Crippen LogP contribution < -0.4 is 10.5 Å². The summed E-state index contributed by atoms with van der Waals surface area (Å²) in [6.07, 6.45) is 4.80. The Morgan fingerprint density at radius 2 is 1.95 bits per heavy atom. The number of piperidine rings is 1. The van der Waals surface area contributed by atoms with E-state index in [0.717, 1.165) is 12.3 Å². The van der Waals surface area contributed by atoms with Gasteiger partial charge in [0, 0.05) is 31.6 Å². The molecule has 2 atom stereocenters. The number of nitrogens with zero attached hydrogens (tertiary/aromatic N) is 6. The maximum absolute atomic E-state index is 13.1. The lowest BCUT2D eigenvalue weighted by molar-refractivity contribution is -0.194. The minimum absolute atomic E-state index is 0.00250. The van der Waals surface area contributed by atoms with Gasteiger partial charge in [0.05, 0.1) is 30.2 Å². The van der Waals surface area contributed by atoms with Crippen molar-refractivity contribution in [2.45, 2.75) is 43.4 Å². The first-order valence-corrected chi connectivity index (χ1v) is 12.6. The number of aliphatic hydroxyl groups is 1. The molecule has 2 aromatic heterocycles. The van der Waals surface area contributed by atoms with Crippen LogP contribution in [0.25, 0.3) is 11.2 Å². The maximum atomic E-state index is 13.1. The number of anilines is 1. The third-order valence-corrected chi connectivity index (χ3v) is 7.54. The molecule has 2 fully saturated rings. The number of carbonyl (C=O) groups excluding carboxylic acids is 1. The van der Waals surface area contributed by atoms with Crippen LogP contribution in [0.15, 0.2) is 36.9 Å². The van der Waals surface area contributed by atoms with Gasteiger partial charge in [-0.25, -0.2) is 15.0 Å². The fraction of sp³-hybridized carbons (Fsp3) is 0.538. The summed E-state index contributed by atoms with van der Waals surface area (Å²) in [6.45, 7) is 4.70. The molecule has 11 nitrogen and oxygen atoms in total. The number of likely N-dealkylation sites (tertiary alicyclic amines) is 1. The highest BCUT2D eigenvalue weighted by molar-refractivity contribution is 5.94. The number of benzene rings is 1. The van der Waals surface area contributed by atoms with Gasteiger partial charge >= 0.3 is 0 Å². The number of hydrogen-bond donors (Lipinski definition) is 2. The van der Waals surface area contributed by atoms with Gasteiger partial charge in [-0.05, 0) is 58.1 Å². The zero-order chi connectivity index (χ0) is 26.2. The highest BCUT2D eigenvalue weighted by Crippen LogP contribution is 2.44. The molecule has 1 spiro atoms. The Hall–Kier alpha value is -3.28. The third kappa shape index (κ3) is 5.11. The second kappa shape index (κ2) is 9.88. The van der Waals surface area contributed by atoms with Gasteiger partial charge in [0.2, 0.25) is 0 Å². The van der Waals surface area contributed by atoms with Crippen LogP contribution in [0, 0.1) is 0 Å². The lowest BCUT2D eigenvalue weighted by Gasteiger charge is -2.51. The molecule has 3 N–H and O–H groups in total. The summed E-state index contributed by atoms with van der Waals surface area (Å²) in [5.41, 5.74) is 6.13. The minimum atomic E-state index is -1.06. The molecular weight excluding hydrogens is 474 g/mol. The van der Waals surface area contributed by atoms with E-state index in [1.807, 2.05) is 54.8 Å². The number of aromatic nitrogens is 4. The van der Waals surface area contributed by atoms with E-state index in [1.54, 1.807) is 6.33 Å². The van der Waals surface area contributed by atoms with Crippen molar-refractivity contribution < 1.29 is 19.4 Å². The lowest BCUT2D eigenvalue weighted by atomic mass is 9.75. The summed E-state index contributed by atoms with van der Waals surface area (Å²) < 4.78 is 14.0. The smallest absolute Gasteiger partial charge is 0.253 e. The monoisotopic (exact) mass is 509 g/mol. The summed E-state index contributed by atoms with van der Waals surface area (Å²) in [5, 5.41) is 11.5. The van der Waals surface area contributed by atoms with E-state index in [-0.39, 0.29) is 11.9 Å². The van der Waals surface area contributed by atoms with Gasteiger partial charge < -0.3 is 34.7 Å². The van der Waals surface area contributed by atoms with Crippen molar-refractivity contribution in [3.63, 3.8) is 0 Å². The van der Waals surface area contributed by atoms with E-state index < -0.39 is 11.2 Å². The molecule has 1 amide bonds. The van der Waals surface area contributed by atoms with E-state index in [0.29, 0.717) is 68.1 Å². The van der Waals surface area contributed by atoms with Crippen molar-refractivity contribution in [3.05, 3.63) is 42.5 Å². The molecule has 0 bridgehead atoms. The maximum Gasteiger partial charge on any atom is 0.253 e. The Bertz CT molecular complexity index is 1250. The zero-order valence-corrected chi connectivity index (χ0v) is 21.6. The molecule has 5 rings (SSSR count). The summed E-state index contributed by atoms with van der Waals surface area (Å²) in [6, 6.07) is 6.95. The average molecular weight is 510 g/mol. The first-order chi connectivity index (χ1) is 17.7. The van der Waals surface area contributed by atoms with Gasteiger partial charge in [0.25, 0.3) is 5.91 Å². The Morgan fingerprint density at radius 1 is 1.22 bits per heavy atom. The van der Waals surface area contributed by atoms with Crippen molar-refractivity contribution in [2.24, 2.45) is 0 Å². The molecule has 37 heavy (non-hydrogen) atoms. The largest absolute Gasteiger partial charge is 0.492 e. The molecular formula is C26H35N7O4. The van der Waals surface area contributed by atoms with Crippen LogP contribution in [0.4, 0.5) is 5.82 Å². The lowest BCUT2D eigenvalue weighted by Crippen LogP contribution is -2.57. The van der Waals surface area contributed by atoms with Crippen LogP contribution in [-0.4, -0.2) is 98.5 Å². The molecule has 2 aliphatic rings. The number of likely N-dealkylation sites (N-methyl/N-ethyl adjacent to an activating group) is 1. The average Bonchev–Trinajstić information content (AvgIpc) is 3.29. The van der Waals surface area contributed by atoms with E-state index in [1.165, 1.54) is 6.33 Å². The fourth-order valence-corrected chi connectivity index (χ4v) is 5.40. The van der Waals surface area contributed by atoms with Gasteiger partial charge in [0.15, 0.2) is 11.5 Å². The van der Waals surface area contributed by atoms with Gasteiger partial charge in [-0.2, -0.15) is 0 Å². The second-order valence-corrected chi connectivity index (χ2v) is 10.6. The first kappa shape index (κ1) is 25.4. The molecule has 11 heteroatoms. The third-order valence-electron chi connectivity index (χ3n) is 7.54. The van der Waals surface area contributed by atoms with E-state index in [9.17, 15) is 9.90 Å². The van der Waals surface area contributed by atoms with Crippen molar-refractivity contribution in [3.8, 4) is 5.75 Å². The van der Waals surface area contributed by atoms with Crippen molar-refractivity contribution in [1.29, 1.82) is 0 Å². The highest BCUT2D eigenvalue weighted by Gasteiger charge is 2.50. The number of carbonyl (C=O) groups is 1. The summed E-state index contributed by atoms with van der Waals surface area (Å²) in [5.74, 6) is 1.06. The number of amides is 1. The Kier molecular flexibility index (Phi) is 6.78. The standard InChI is InChI=1S/C26H35N7O4/c1-25(35)15-26(37-14-20(25)33-17-30-21-22(27)28-16-29-23(21)33)8-10-32(11-9-26)24(34)18-4-6-19(7-5-18)36-13-12-31(2)3/h4-7,16-17,20,35H,8-15H2,1-3H3,(H2,27,28,29)/t20-,25-/m1/s1. The predicted octanol–water partition coefficient (Wildman–Crippen LogP) is 1.74. The number of imidazole rings is 1.